The number of aromatic nitrogens is 1. The van der Waals surface area contributed by atoms with Crippen LogP contribution < -0.4 is 5.32 Å². The fourth-order valence-corrected chi connectivity index (χ4v) is 3.74. The Bertz CT molecular complexity index is 925. The number of benzene rings is 2. The number of rotatable bonds is 3. The molecule has 3 nitrogen and oxygen atoms in total. The minimum Gasteiger partial charge on any atom is -0.326 e. The van der Waals surface area contributed by atoms with Gasteiger partial charge in [0.05, 0.1) is 11.2 Å². The van der Waals surface area contributed by atoms with E-state index in [1.54, 1.807) is 0 Å². The van der Waals surface area contributed by atoms with Gasteiger partial charge in [-0.05, 0) is 50.1 Å². The third-order valence-corrected chi connectivity index (χ3v) is 5.27. The van der Waals surface area contributed by atoms with Crippen molar-refractivity contribution in [2.45, 2.75) is 39.0 Å². The molecular weight excluding hydrogens is 320 g/mol. The highest BCUT2D eigenvalue weighted by Gasteiger charge is 2.20. The third-order valence-electron chi connectivity index (χ3n) is 5.27. The number of carbonyl (C=O) groups excluding carboxylic acids is 1. The van der Waals surface area contributed by atoms with Crippen LogP contribution in [0.5, 0.6) is 0 Å². The summed E-state index contributed by atoms with van der Waals surface area (Å²) in [7, 11) is 0. The van der Waals surface area contributed by atoms with Crippen LogP contribution in [-0.4, -0.2) is 10.9 Å². The molecule has 1 aliphatic carbocycles. The first-order valence-electron chi connectivity index (χ1n) is 9.48. The van der Waals surface area contributed by atoms with Crippen molar-refractivity contribution in [3.8, 4) is 11.3 Å². The van der Waals surface area contributed by atoms with E-state index in [1.807, 2.05) is 24.3 Å². The molecule has 1 aromatic heterocycles. The first kappa shape index (κ1) is 16.8. The van der Waals surface area contributed by atoms with E-state index in [0.29, 0.717) is 0 Å². The normalized spacial score (nSPS) is 15.1. The zero-order chi connectivity index (χ0) is 17.9. The molecule has 0 aliphatic heterocycles. The van der Waals surface area contributed by atoms with Crippen LogP contribution in [0.2, 0.25) is 0 Å². The number of nitrogens with zero attached hydrogens (tertiary/aromatic N) is 1. The number of pyridine rings is 1. The van der Waals surface area contributed by atoms with Crippen molar-refractivity contribution in [3.05, 3.63) is 60.2 Å². The Labute approximate surface area is 154 Å². The van der Waals surface area contributed by atoms with Gasteiger partial charge in [-0.25, -0.2) is 4.98 Å². The largest absolute Gasteiger partial charge is 0.326 e. The number of aryl methyl sites for hydroxylation is 1. The van der Waals surface area contributed by atoms with Gasteiger partial charge in [0.2, 0.25) is 5.91 Å². The van der Waals surface area contributed by atoms with E-state index in [-0.39, 0.29) is 11.8 Å². The Balaban J connectivity index is 1.50. The Kier molecular flexibility index (Phi) is 4.70. The number of nitrogens with one attached hydrogen (secondary N) is 1. The Morgan fingerprint density at radius 3 is 2.50 bits per heavy atom. The number of amides is 1. The van der Waals surface area contributed by atoms with E-state index in [9.17, 15) is 4.79 Å². The summed E-state index contributed by atoms with van der Waals surface area (Å²) >= 11 is 0. The van der Waals surface area contributed by atoms with Crippen molar-refractivity contribution in [3.63, 3.8) is 0 Å². The Morgan fingerprint density at radius 2 is 1.73 bits per heavy atom. The number of hydrogen-bond donors (Lipinski definition) is 1. The molecule has 3 aromatic rings. The molecule has 1 fully saturated rings. The van der Waals surface area contributed by atoms with E-state index in [2.05, 4.69) is 42.6 Å². The zero-order valence-electron chi connectivity index (χ0n) is 15.2. The minimum absolute atomic E-state index is 0.164. The average Bonchev–Trinajstić information content (AvgIpc) is 2.69. The standard InChI is InChI=1S/C23H24N2O/c1-16-7-13-22-19(15-16)10-14-21(25-22)17-8-11-20(12-9-17)24-23(26)18-5-3-2-4-6-18/h7-15,18H,2-6H2,1H3,(H,24,26). The number of hydrogen-bond acceptors (Lipinski definition) is 2. The molecule has 0 saturated heterocycles. The van der Waals surface area contributed by atoms with Crippen molar-refractivity contribution in [2.24, 2.45) is 5.92 Å². The summed E-state index contributed by atoms with van der Waals surface area (Å²) in [4.78, 5) is 17.1. The SMILES string of the molecule is Cc1ccc2nc(-c3ccc(NC(=O)C4CCCCC4)cc3)ccc2c1. The molecule has 1 amide bonds. The van der Waals surface area contributed by atoms with Gasteiger partial charge >= 0.3 is 0 Å². The second-order valence-corrected chi connectivity index (χ2v) is 7.29. The maximum Gasteiger partial charge on any atom is 0.227 e. The topological polar surface area (TPSA) is 42.0 Å². The highest BCUT2D eigenvalue weighted by molar-refractivity contribution is 5.93. The lowest BCUT2D eigenvalue weighted by Crippen LogP contribution is -2.24. The fourth-order valence-electron chi connectivity index (χ4n) is 3.74. The quantitative estimate of drug-likeness (QED) is 0.659. The molecule has 3 heteroatoms. The van der Waals surface area contributed by atoms with Crippen molar-refractivity contribution >= 4 is 22.5 Å². The van der Waals surface area contributed by atoms with Gasteiger partial charge in [-0.2, -0.15) is 0 Å². The lowest BCUT2D eigenvalue weighted by Gasteiger charge is -2.20. The molecule has 1 heterocycles. The van der Waals surface area contributed by atoms with Crippen LogP contribution in [0, 0.1) is 12.8 Å². The van der Waals surface area contributed by atoms with Gasteiger partial charge in [0.15, 0.2) is 0 Å². The summed E-state index contributed by atoms with van der Waals surface area (Å²) in [6.45, 7) is 2.09. The van der Waals surface area contributed by atoms with Crippen molar-refractivity contribution in [1.29, 1.82) is 0 Å². The zero-order valence-corrected chi connectivity index (χ0v) is 15.2. The lowest BCUT2D eigenvalue weighted by atomic mass is 9.88. The highest BCUT2D eigenvalue weighted by atomic mass is 16.1. The van der Waals surface area contributed by atoms with Crippen molar-refractivity contribution < 1.29 is 4.79 Å². The van der Waals surface area contributed by atoms with Crippen LogP contribution >= 0.6 is 0 Å². The molecule has 1 saturated carbocycles. The number of anilines is 1. The Morgan fingerprint density at radius 1 is 0.962 bits per heavy atom. The molecule has 132 valence electrons. The lowest BCUT2D eigenvalue weighted by molar-refractivity contribution is -0.120. The van der Waals surface area contributed by atoms with E-state index in [1.165, 1.54) is 24.8 Å². The van der Waals surface area contributed by atoms with Gasteiger partial charge in [-0.1, -0.05) is 49.1 Å². The molecule has 0 bridgehead atoms. The van der Waals surface area contributed by atoms with Crippen LogP contribution in [-0.2, 0) is 4.79 Å². The summed E-state index contributed by atoms with van der Waals surface area (Å²) in [5.41, 5.74) is 5.11. The molecule has 0 atom stereocenters. The highest BCUT2D eigenvalue weighted by Crippen LogP contribution is 2.26. The molecule has 26 heavy (non-hydrogen) atoms. The Hall–Kier alpha value is -2.68. The van der Waals surface area contributed by atoms with Gasteiger partial charge in [-0.15, -0.1) is 0 Å². The summed E-state index contributed by atoms with van der Waals surface area (Å²) < 4.78 is 0. The molecule has 0 spiro atoms. The molecule has 0 unspecified atom stereocenters. The van der Waals surface area contributed by atoms with Crippen LogP contribution in [0.15, 0.2) is 54.6 Å². The predicted octanol–water partition coefficient (Wildman–Crippen LogP) is 5.73. The summed E-state index contributed by atoms with van der Waals surface area (Å²) in [5, 5.41) is 4.22. The van der Waals surface area contributed by atoms with E-state index >= 15 is 0 Å². The summed E-state index contributed by atoms with van der Waals surface area (Å²) in [5.74, 6) is 0.339. The van der Waals surface area contributed by atoms with Gasteiger partial charge < -0.3 is 5.32 Å². The van der Waals surface area contributed by atoms with Gasteiger partial charge in [0.25, 0.3) is 0 Å². The van der Waals surface area contributed by atoms with Crippen molar-refractivity contribution in [2.75, 3.05) is 5.32 Å². The van der Waals surface area contributed by atoms with Crippen LogP contribution in [0.1, 0.15) is 37.7 Å². The molecule has 1 aliphatic rings. The monoisotopic (exact) mass is 344 g/mol. The minimum atomic E-state index is 0.164. The number of carbonyl (C=O) groups is 1. The van der Waals surface area contributed by atoms with E-state index in [4.69, 9.17) is 4.98 Å². The number of fused-ring (bicyclic) bond motifs is 1. The molecular formula is C23H24N2O. The van der Waals surface area contributed by atoms with Crippen LogP contribution in [0.3, 0.4) is 0 Å². The van der Waals surface area contributed by atoms with Crippen LogP contribution in [0.25, 0.3) is 22.2 Å². The smallest absolute Gasteiger partial charge is 0.227 e. The third kappa shape index (κ3) is 3.62. The maximum atomic E-state index is 12.4. The first-order valence-corrected chi connectivity index (χ1v) is 9.48. The van der Waals surface area contributed by atoms with Crippen LogP contribution in [0.4, 0.5) is 5.69 Å². The second kappa shape index (κ2) is 7.28. The molecule has 4 rings (SSSR count). The fraction of sp³-hybridized carbons (Fsp3) is 0.304. The van der Waals surface area contributed by atoms with Gasteiger partial charge in [0, 0.05) is 22.6 Å². The van der Waals surface area contributed by atoms with E-state index < -0.39 is 0 Å². The van der Waals surface area contributed by atoms with Crippen molar-refractivity contribution in [1.82, 2.24) is 4.98 Å². The second-order valence-electron chi connectivity index (χ2n) is 7.29. The molecule has 2 aromatic carbocycles. The predicted molar refractivity (Wildman–Crippen MR) is 107 cm³/mol. The van der Waals surface area contributed by atoms with Gasteiger partial charge in [-0.3, -0.25) is 4.79 Å². The van der Waals surface area contributed by atoms with Gasteiger partial charge in [0.1, 0.15) is 0 Å². The summed E-state index contributed by atoms with van der Waals surface area (Å²) in [6.07, 6.45) is 5.64. The first-order chi connectivity index (χ1) is 12.7. The molecule has 0 radical (unpaired) electrons. The summed E-state index contributed by atoms with van der Waals surface area (Å²) in [6, 6.07) is 18.5. The average molecular weight is 344 g/mol. The maximum absolute atomic E-state index is 12.4. The molecule has 1 N–H and O–H groups in total. The van der Waals surface area contributed by atoms with E-state index in [0.717, 1.165) is 40.7 Å².